The summed E-state index contributed by atoms with van der Waals surface area (Å²) in [5.74, 6) is -2.26. The van der Waals surface area contributed by atoms with E-state index in [0.29, 0.717) is 5.56 Å². The molecule has 1 fully saturated rings. The highest BCUT2D eigenvalue weighted by Crippen LogP contribution is 2.38. The highest BCUT2D eigenvalue weighted by atomic mass is 16.6. The van der Waals surface area contributed by atoms with E-state index in [-0.39, 0.29) is 55.2 Å². The minimum absolute atomic E-state index is 0.0153. The first-order chi connectivity index (χ1) is 13.1. The molecule has 3 rings (SSSR count). The Kier molecular flexibility index (Phi) is 5.30. The molecule has 1 atom stereocenters. The predicted molar refractivity (Wildman–Crippen MR) is 94.2 cm³/mol. The van der Waals surface area contributed by atoms with E-state index in [9.17, 15) is 29.5 Å². The molecule has 2 aliphatic rings. The summed E-state index contributed by atoms with van der Waals surface area (Å²) in [5.41, 5.74) is 8.95. The van der Waals surface area contributed by atoms with Gasteiger partial charge in [0.2, 0.25) is 5.91 Å². The Morgan fingerprint density at radius 1 is 1.36 bits per heavy atom. The van der Waals surface area contributed by atoms with Gasteiger partial charge in [0.05, 0.1) is 25.3 Å². The fourth-order valence-electron chi connectivity index (χ4n) is 3.16. The van der Waals surface area contributed by atoms with Gasteiger partial charge in [0, 0.05) is 0 Å². The van der Waals surface area contributed by atoms with Crippen LogP contribution in [0.1, 0.15) is 22.3 Å². The van der Waals surface area contributed by atoms with Crippen LogP contribution in [0, 0.1) is 0 Å². The summed E-state index contributed by atoms with van der Waals surface area (Å²) in [7, 11) is 0. The largest absolute Gasteiger partial charge is 0.669 e. The average molecular weight is 395 g/mol. The van der Waals surface area contributed by atoms with Gasteiger partial charge in [-0.05, 0) is 18.1 Å². The van der Waals surface area contributed by atoms with E-state index < -0.39 is 30.8 Å². The molecule has 1 saturated heterocycles. The summed E-state index contributed by atoms with van der Waals surface area (Å²) in [6.45, 7) is -2.70. The lowest BCUT2D eigenvalue weighted by atomic mass is 9.70. The normalized spacial score (nSPS) is 19.1. The molecule has 0 bridgehead atoms. The van der Waals surface area contributed by atoms with Crippen molar-refractivity contribution in [3.8, 4) is 11.5 Å². The molecule has 0 spiro atoms. The Morgan fingerprint density at radius 2 is 2.04 bits per heavy atom. The number of fused-ring (bicyclic) bond motifs is 1. The average Bonchev–Trinajstić information content (AvgIpc) is 2.55. The summed E-state index contributed by atoms with van der Waals surface area (Å²) in [6.07, 6.45) is -0.364. The van der Waals surface area contributed by atoms with Crippen LogP contribution in [-0.4, -0.2) is 69.8 Å². The zero-order valence-corrected chi connectivity index (χ0v) is 15.0. The number of nitrogens with two attached hydrogens (primary N) is 1. The summed E-state index contributed by atoms with van der Waals surface area (Å²) in [4.78, 5) is 36.2. The Morgan fingerprint density at radius 3 is 2.64 bits per heavy atom. The van der Waals surface area contributed by atoms with E-state index >= 15 is 0 Å². The second kappa shape index (κ2) is 7.39. The number of carboxylic acids is 1. The minimum atomic E-state index is -3.12. The van der Waals surface area contributed by atoms with Crippen LogP contribution >= 0.6 is 0 Å². The van der Waals surface area contributed by atoms with Gasteiger partial charge in [-0.15, -0.1) is 0 Å². The van der Waals surface area contributed by atoms with Crippen LogP contribution in [0.25, 0.3) is 0 Å². The van der Waals surface area contributed by atoms with Crippen LogP contribution in [0.4, 0.5) is 0 Å². The van der Waals surface area contributed by atoms with Crippen LogP contribution < -0.4 is 20.9 Å². The van der Waals surface area contributed by atoms with E-state index in [2.05, 4.69) is 5.73 Å². The lowest BCUT2D eigenvalue weighted by Crippen LogP contribution is -2.66. The number of nitrogens with zero attached hydrogens (tertiary/aromatic N) is 1. The molecule has 0 aliphatic carbocycles. The minimum Gasteiger partial charge on any atom is -0.669 e. The summed E-state index contributed by atoms with van der Waals surface area (Å²) in [6, 6.07) is 2.15. The number of carbonyl (C=O) groups excluding carboxylic acids is 2. The van der Waals surface area contributed by atoms with Crippen molar-refractivity contribution in [2.24, 2.45) is 5.73 Å². The van der Waals surface area contributed by atoms with Crippen LogP contribution in [0.3, 0.4) is 0 Å². The number of likely N-dealkylation sites (tertiary alicyclic amines) is 1. The fraction of sp³-hybridized carbons (Fsp3) is 0.438. The summed E-state index contributed by atoms with van der Waals surface area (Å²) in [5, 5.41) is 29.0. The Hall–Kier alpha value is -2.67. The van der Waals surface area contributed by atoms with Gasteiger partial charge in [-0.3, -0.25) is 10.5 Å². The zero-order valence-electron chi connectivity index (χ0n) is 15.0. The molecule has 152 valence electrons. The molecule has 2 amide bonds. The summed E-state index contributed by atoms with van der Waals surface area (Å²) < 4.78 is 10.8. The molecule has 0 unspecified atom stereocenters. The van der Waals surface area contributed by atoms with Crippen LogP contribution in [0.15, 0.2) is 12.1 Å². The molecule has 0 radical (unpaired) electrons. The Labute approximate surface area is 159 Å². The third-order valence-corrected chi connectivity index (χ3v) is 4.81. The fourth-order valence-corrected chi connectivity index (χ4v) is 3.16. The van der Waals surface area contributed by atoms with Crippen molar-refractivity contribution in [2.75, 3.05) is 13.1 Å². The second-order valence-corrected chi connectivity index (χ2v) is 7.06. The lowest BCUT2D eigenvalue weighted by molar-refractivity contribution is -0.307. The first kappa shape index (κ1) is 20.1. The van der Waals surface area contributed by atoms with Crippen molar-refractivity contribution in [1.82, 2.24) is 4.90 Å². The Balaban J connectivity index is 1.69. The highest BCUT2D eigenvalue weighted by molar-refractivity contribution is 6.59. The summed E-state index contributed by atoms with van der Waals surface area (Å²) >= 11 is 0. The number of rotatable bonds is 6. The van der Waals surface area contributed by atoms with Crippen molar-refractivity contribution < 1.29 is 44.7 Å². The zero-order chi connectivity index (χ0) is 20.6. The Bertz CT molecular complexity index is 824. The first-order valence-electron chi connectivity index (χ1n) is 8.81. The van der Waals surface area contributed by atoms with E-state index in [1.165, 1.54) is 11.0 Å². The van der Waals surface area contributed by atoms with Gasteiger partial charge >= 0.3 is 18.6 Å². The number of hydrogen-bond donors (Lipinski definition) is 5. The van der Waals surface area contributed by atoms with Crippen LogP contribution in [-0.2, 0) is 16.0 Å². The number of benzene rings is 1. The van der Waals surface area contributed by atoms with Gasteiger partial charge in [0.1, 0.15) is 23.5 Å². The molecule has 2 heterocycles. The van der Waals surface area contributed by atoms with Gasteiger partial charge < -0.3 is 35.2 Å². The number of aryl methyl sites for hydroxylation is 1. The maximum Gasteiger partial charge on any atom is 0.430 e. The van der Waals surface area contributed by atoms with E-state index in [0.717, 1.165) is 0 Å². The number of carboxylic acid groups (broad SMARTS) is 1. The molecule has 0 aromatic heterocycles. The molecule has 8 N–H and O–H groups in total. The maximum atomic E-state index is 12.0. The van der Waals surface area contributed by atoms with E-state index in [1.54, 1.807) is 6.07 Å². The molecule has 2 aliphatic heterocycles. The number of ether oxygens (including phenoxy) is 1. The monoisotopic (exact) mass is 395 g/mol. The first-order valence-corrected chi connectivity index (χ1v) is 8.81. The smallest absolute Gasteiger partial charge is 0.430 e. The van der Waals surface area contributed by atoms with Gasteiger partial charge in [-0.2, -0.15) is 0 Å². The number of carbonyl (C=O) groups is 3. The molecule has 11 nitrogen and oxygen atoms in total. The van der Waals surface area contributed by atoms with Crippen molar-refractivity contribution >= 4 is 24.5 Å². The van der Waals surface area contributed by atoms with Crippen LogP contribution in [0.2, 0.25) is 6.32 Å². The molecular formula is C16H22BN3O8. The predicted octanol–water partition coefficient (Wildman–Crippen LogP) is -2.68. The number of quaternary nitrogens is 1. The topological polar surface area (TPSA) is 187 Å². The second-order valence-electron chi connectivity index (χ2n) is 7.06. The quantitative estimate of drug-likeness (QED) is 0.320. The third-order valence-electron chi connectivity index (χ3n) is 4.81. The number of amides is 2. The van der Waals surface area contributed by atoms with Crippen molar-refractivity contribution in [3.63, 3.8) is 0 Å². The van der Waals surface area contributed by atoms with Crippen molar-refractivity contribution in [3.05, 3.63) is 23.3 Å². The van der Waals surface area contributed by atoms with Crippen molar-refractivity contribution in [1.29, 1.82) is 0 Å². The van der Waals surface area contributed by atoms with Gasteiger partial charge in [-0.25, -0.2) is 9.59 Å². The molecule has 1 aromatic rings. The standard InChI is InChI=1S/C16H21BN3O8/c18-10(15(19)22)5-12(21)20-6-9(7-20)27-11-2-1-8-3-4-17(25,26)28-14(8)13(11)16(23)24/h1-2,9-10,25-26H,3-7,18H2,(H2,19,22)(H,23,24)/q-1/p+1/t10-/m1/s1. The van der Waals surface area contributed by atoms with Gasteiger partial charge in [0.25, 0.3) is 0 Å². The van der Waals surface area contributed by atoms with Crippen LogP contribution in [0.5, 0.6) is 11.5 Å². The van der Waals surface area contributed by atoms with E-state index in [1.807, 2.05) is 0 Å². The SMILES string of the molecule is N[C@H](CC(=O)N1CC(Oc2ccc3c(c2C(=O)O)O[B-](O)(O)CC3)C1)C([NH3+])=O. The third kappa shape index (κ3) is 4.09. The highest BCUT2D eigenvalue weighted by Gasteiger charge is 2.36. The maximum absolute atomic E-state index is 12.0. The van der Waals surface area contributed by atoms with E-state index in [4.69, 9.17) is 15.1 Å². The lowest BCUT2D eigenvalue weighted by Gasteiger charge is -2.40. The van der Waals surface area contributed by atoms with Gasteiger partial charge in [0.15, 0.2) is 0 Å². The molecule has 1 aromatic carbocycles. The molecule has 28 heavy (non-hydrogen) atoms. The van der Waals surface area contributed by atoms with Gasteiger partial charge in [-0.1, -0.05) is 12.4 Å². The number of aromatic carboxylic acids is 1. The molecular weight excluding hydrogens is 373 g/mol. The molecule has 12 heteroatoms. The van der Waals surface area contributed by atoms with Crippen molar-refractivity contribution in [2.45, 2.75) is 31.3 Å². The number of hydrogen-bond acceptors (Lipinski definition) is 8. The molecule has 0 saturated carbocycles.